The van der Waals surface area contributed by atoms with Crippen LogP contribution in [-0.2, 0) is 0 Å². The van der Waals surface area contributed by atoms with Crippen LogP contribution < -0.4 is 0 Å². The molecule has 2 aromatic rings. The van der Waals surface area contributed by atoms with Crippen LogP contribution in [0.3, 0.4) is 0 Å². The van der Waals surface area contributed by atoms with Crippen molar-refractivity contribution in [3.05, 3.63) is 45.6 Å². The predicted molar refractivity (Wildman–Crippen MR) is 76.3 cm³/mol. The van der Waals surface area contributed by atoms with E-state index in [0.717, 1.165) is 0 Å². The lowest BCUT2D eigenvalue weighted by atomic mass is 10.1. The van der Waals surface area contributed by atoms with Gasteiger partial charge >= 0.3 is 0 Å². The van der Waals surface area contributed by atoms with Crippen molar-refractivity contribution in [1.29, 1.82) is 0 Å². The zero-order valence-corrected chi connectivity index (χ0v) is 12.3. The van der Waals surface area contributed by atoms with Crippen LogP contribution in [0.1, 0.15) is 31.2 Å². The third kappa shape index (κ3) is 3.04. The number of benzene rings is 1. The number of aromatic nitrogens is 2. The van der Waals surface area contributed by atoms with Crippen molar-refractivity contribution in [1.82, 2.24) is 9.97 Å². The van der Waals surface area contributed by atoms with E-state index >= 15 is 0 Å². The molecule has 19 heavy (non-hydrogen) atoms. The van der Waals surface area contributed by atoms with Gasteiger partial charge in [-0.25, -0.2) is 14.4 Å². The third-order valence-corrected chi connectivity index (χ3v) is 3.34. The van der Waals surface area contributed by atoms with Gasteiger partial charge in [-0.05, 0) is 25.1 Å². The minimum Gasteiger partial charge on any atom is -0.232 e. The molecule has 5 heteroatoms. The Kier molecular flexibility index (Phi) is 4.07. The molecule has 0 N–H and O–H groups in total. The molecule has 0 spiro atoms. The van der Waals surface area contributed by atoms with Crippen molar-refractivity contribution in [2.75, 3.05) is 0 Å². The van der Waals surface area contributed by atoms with Crippen molar-refractivity contribution < 1.29 is 4.39 Å². The van der Waals surface area contributed by atoms with E-state index in [1.807, 2.05) is 13.8 Å². The first-order chi connectivity index (χ1) is 8.88. The standard InChI is InChI=1S/C14H13Cl2FN2/c1-7(2)14-18-12(8(3)13(16)19-14)9-4-10(15)6-11(17)5-9/h4-7H,1-3H3. The summed E-state index contributed by atoms with van der Waals surface area (Å²) < 4.78 is 13.4. The predicted octanol–water partition coefficient (Wildman–Crippen LogP) is 5.02. The highest BCUT2D eigenvalue weighted by Gasteiger charge is 2.14. The average Bonchev–Trinajstić information content (AvgIpc) is 2.30. The number of halogens is 3. The zero-order valence-electron chi connectivity index (χ0n) is 10.8. The highest BCUT2D eigenvalue weighted by atomic mass is 35.5. The molecule has 0 atom stereocenters. The fourth-order valence-electron chi connectivity index (χ4n) is 1.74. The van der Waals surface area contributed by atoms with Gasteiger partial charge < -0.3 is 0 Å². The summed E-state index contributed by atoms with van der Waals surface area (Å²) in [6.45, 7) is 5.76. The van der Waals surface area contributed by atoms with E-state index in [0.29, 0.717) is 32.8 Å². The quantitative estimate of drug-likeness (QED) is 0.727. The first-order valence-electron chi connectivity index (χ1n) is 5.89. The molecule has 0 bridgehead atoms. The van der Waals surface area contributed by atoms with E-state index in [1.165, 1.54) is 12.1 Å². The van der Waals surface area contributed by atoms with Crippen LogP contribution in [0.4, 0.5) is 4.39 Å². The van der Waals surface area contributed by atoms with E-state index in [-0.39, 0.29) is 5.92 Å². The molecule has 0 aliphatic heterocycles. The Morgan fingerprint density at radius 1 is 1.11 bits per heavy atom. The third-order valence-electron chi connectivity index (χ3n) is 2.76. The second-order valence-electron chi connectivity index (χ2n) is 4.66. The summed E-state index contributed by atoms with van der Waals surface area (Å²) in [4.78, 5) is 8.70. The zero-order chi connectivity index (χ0) is 14.2. The normalized spacial score (nSPS) is 11.1. The van der Waals surface area contributed by atoms with Crippen LogP contribution in [0.25, 0.3) is 11.3 Å². The molecule has 1 aromatic heterocycles. The van der Waals surface area contributed by atoms with Crippen LogP contribution >= 0.6 is 23.2 Å². The van der Waals surface area contributed by atoms with Crippen LogP contribution in [-0.4, -0.2) is 9.97 Å². The van der Waals surface area contributed by atoms with Gasteiger partial charge in [-0.3, -0.25) is 0 Å². The maximum atomic E-state index is 13.4. The Labute approximate surface area is 121 Å². The average molecular weight is 299 g/mol. The summed E-state index contributed by atoms with van der Waals surface area (Å²) in [7, 11) is 0. The van der Waals surface area contributed by atoms with Crippen molar-refractivity contribution in [3.63, 3.8) is 0 Å². The van der Waals surface area contributed by atoms with Crippen molar-refractivity contribution >= 4 is 23.2 Å². The monoisotopic (exact) mass is 298 g/mol. The van der Waals surface area contributed by atoms with Crippen LogP contribution in [0, 0.1) is 12.7 Å². The smallest absolute Gasteiger partial charge is 0.136 e. The number of hydrogen-bond donors (Lipinski definition) is 0. The molecule has 0 aliphatic rings. The van der Waals surface area contributed by atoms with Gasteiger partial charge in [0, 0.05) is 22.1 Å². The highest BCUT2D eigenvalue weighted by molar-refractivity contribution is 6.31. The van der Waals surface area contributed by atoms with Crippen LogP contribution in [0.2, 0.25) is 10.2 Å². The number of hydrogen-bond acceptors (Lipinski definition) is 2. The summed E-state index contributed by atoms with van der Waals surface area (Å²) in [6, 6.07) is 4.31. The Bertz CT molecular complexity index is 607. The molecule has 100 valence electrons. The molecule has 0 amide bonds. The molecular weight excluding hydrogens is 286 g/mol. The molecule has 0 saturated carbocycles. The Balaban J connectivity index is 2.66. The Hall–Kier alpha value is -1.19. The van der Waals surface area contributed by atoms with Gasteiger partial charge in [0.15, 0.2) is 0 Å². The number of nitrogens with zero attached hydrogens (tertiary/aromatic N) is 2. The molecule has 0 unspecified atom stereocenters. The molecule has 0 fully saturated rings. The first kappa shape index (κ1) is 14.2. The maximum absolute atomic E-state index is 13.4. The maximum Gasteiger partial charge on any atom is 0.136 e. The lowest BCUT2D eigenvalue weighted by molar-refractivity contribution is 0.628. The molecule has 0 saturated heterocycles. The minimum atomic E-state index is -0.400. The van der Waals surface area contributed by atoms with Gasteiger partial charge in [0.25, 0.3) is 0 Å². The van der Waals surface area contributed by atoms with Gasteiger partial charge in [0.05, 0.1) is 5.69 Å². The fraction of sp³-hybridized carbons (Fsp3) is 0.286. The van der Waals surface area contributed by atoms with E-state index in [1.54, 1.807) is 13.0 Å². The highest BCUT2D eigenvalue weighted by Crippen LogP contribution is 2.29. The van der Waals surface area contributed by atoms with Gasteiger partial charge in [-0.15, -0.1) is 0 Å². The molecule has 1 heterocycles. The first-order valence-corrected chi connectivity index (χ1v) is 6.64. The molecule has 2 rings (SSSR count). The summed E-state index contributed by atoms with van der Waals surface area (Å²) in [6.07, 6.45) is 0. The van der Waals surface area contributed by atoms with Gasteiger partial charge in [-0.1, -0.05) is 37.0 Å². The Morgan fingerprint density at radius 3 is 2.37 bits per heavy atom. The van der Waals surface area contributed by atoms with E-state index in [2.05, 4.69) is 9.97 Å². The summed E-state index contributed by atoms with van der Waals surface area (Å²) in [5.74, 6) is 0.370. The molecular formula is C14H13Cl2FN2. The molecule has 2 nitrogen and oxygen atoms in total. The van der Waals surface area contributed by atoms with Crippen molar-refractivity contribution in [3.8, 4) is 11.3 Å². The van der Waals surface area contributed by atoms with E-state index in [9.17, 15) is 4.39 Å². The van der Waals surface area contributed by atoms with Gasteiger partial charge in [-0.2, -0.15) is 0 Å². The topological polar surface area (TPSA) is 25.8 Å². The molecule has 0 radical (unpaired) electrons. The largest absolute Gasteiger partial charge is 0.232 e. The second-order valence-corrected chi connectivity index (χ2v) is 5.45. The van der Waals surface area contributed by atoms with E-state index in [4.69, 9.17) is 23.2 Å². The van der Waals surface area contributed by atoms with Crippen molar-refractivity contribution in [2.24, 2.45) is 0 Å². The SMILES string of the molecule is Cc1c(Cl)nc(C(C)C)nc1-c1cc(F)cc(Cl)c1. The fourth-order valence-corrected chi connectivity index (χ4v) is 2.13. The van der Waals surface area contributed by atoms with Crippen LogP contribution in [0.15, 0.2) is 18.2 Å². The van der Waals surface area contributed by atoms with Gasteiger partial charge in [0.2, 0.25) is 0 Å². The molecule has 1 aromatic carbocycles. The summed E-state index contributed by atoms with van der Waals surface area (Å²) in [5, 5.41) is 0.712. The Morgan fingerprint density at radius 2 is 1.79 bits per heavy atom. The van der Waals surface area contributed by atoms with E-state index < -0.39 is 5.82 Å². The number of rotatable bonds is 2. The van der Waals surface area contributed by atoms with Crippen molar-refractivity contribution in [2.45, 2.75) is 26.7 Å². The summed E-state index contributed by atoms with van der Waals surface area (Å²) in [5.41, 5.74) is 1.94. The van der Waals surface area contributed by atoms with Crippen LogP contribution in [0.5, 0.6) is 0 Å². The molecule has 0 aliphatic carbocycles. The lowest BCUT2D eigenvalue weighted by Gasteiger charge is -2.11. The second kappa shape index (κ2) is 5.43. The minimum absolute atomic E-state index is 0.140. The van der Waals surface area contributed by atoms with Gasteiger partial charge in [0.1, 0.15) is 16.8 Å². The lowest BCUT2D eigenvalue weighted by Crippen LogP contribution is -2.02. The summed E-state index contributed by atoms with van der Waals surface area (Å²) >= 11 is 12.0.